The van der Waals surface area contributed by atoms with Crippen molar-refractivity contribution in [3.05, 3.63) is 51.6 Å². The van der Waals surface area contributed by atoms with E-state index in [1.807, 2.05) is 25.9 Å². The molecule has 0 spiro atoms. The molecule has 25 nitrogen and oxygen atoms in total. The van der Waals surface area contributed by atoms with Crippen LogP contribution < -0.4 is 10.5 Å². The number of Topliss-reactive ketones (excluding diaryl/α,β-unsaturated/α-hetero) is 2. The van der Waals surface area contributed by atoms with Crippen molar-refractivity contribution in [1.82, 2.24) is 4.90 Å². The fourth-order valence-electron chi connectivity index (χ4n) is 14.1. The lowest BCUT2D eigenvalue weighted by Crippen LogP contribution is -2.61. The predicted molar refractivity (Wildman–Crippen MR) is 317 cm³/mol. The van der Waals surface area contributed by atoms with E-state index < -0.39 is 190 Å². The van der Waals surface area contributed by atoms with Crippen molar-refractivity contribution in [1.29, 1.82) is 0 Å². The SMILES string of the molecule is CC[C@H]1OC(=O)[C@H](C)[C@@H](O[C@H]2C[C@@](C)(OC)[C@@H](O)[C@H](C)O2)[C@H](C)[C@@H](O[C@@H]2O[C@H](C)C[C@H](N(C)C)[C@H]2O)[C@](C)(O)C[C@@H](C)C(=O)[C@H](C)[C@@H](O)[C@]1(C)O.COc1cccc2c1C(=O)c1c(O)c3c(c(O)c1C2=O)C[C@@](O)(C(C)=O)C[C@@H]3O[C@H]1C[C@H](N)[C@H](O)[C@H](C)O1. The van der Waals surface area contributed by atoms with E-state index in [-0.39, 0.29) is 72.3 Å². The molecule has 4 aliphatic heterocycles. The zero-order chi connectivity index (χ0) is 66.6. The number of hydrogen-bond donors (Lipinski definition) is 10. The number of likely N-dealkylation sites (N-methyl/N-ethyl adjacent to an activating group) is 1. The summed E-state index contributed by atoms with van der Waals surface area (Å²) in [5.41, 5.74) is -1.87. The Morgan fingerprint density at radius 2 is 1.38 bits per heavy atom. The number of ether oxygens (including phenoxy) is 9. The number of cyclic esters (lactones) is 1. The maximum Gasteiger partial charge on any atom is 0.311 e. The molecule has 4 saturated heterocycles. The molecule has 6 aliphatic rings. The Morgan fingerprint density at radius 3 is 1.97 bits per heavy atom. The number of phenolic OH excluding ortho intramolecular Hbond substituents is 2. The molecular formula is C64H96N2O23. The molecule has 0 radical (unpaired) electrons. The van der Waals surface area contributed by atoms with Crippen molar-refractivity contribution in [2.75, 3.05) is 28.3 Å². The van der Waals surface area contributed by atoms with Crippen LogP contribution in [0.15, 0.2) is 18.2 Å². The summed E-state index contributed by atoms with van der Waals surface area (Å²) in [7, 11) is 6.52. The average Bonchev–Trinajstić information content (AvgIpc) is 1.22. The van der Waals surface area contributed by atoms with Crippen LogP contribution in [0.4, 0.5) is 0 Å². The number of ketones is 4. The number of fused-ring (bicyclic) bond motifs is 3. The minimum Gasteiger partial charge on any atom is -0.507 e. The van der Waals surface area contributed by atoms with Gasteiger partial charge in [-0.25, -0.2) is 0 Å². The number of rotatable bonds is 11. The Labute approximate surface area is 520 Å². The van der Waals surface area contributed by atoms with Crippen LogP contribution in [0.1, 0.15) is 171 Å². The first-order valence-corrected chi connectivity index (χ1v) is 30.7. The number of nitrogens with two attached hydrogens (primary N) is 1. The van der Waals surface area contributed by atoms with Crippen molar-refractivity contribution in [3.63, 3.8) is 0 Å². The number of aliphatic hydroxyl groups excluding tert-OH is 4. The molecule has 24 atom stereocenters. The van der Waals surface area contributed by atoms with Crippen molar-refractivity contribution < 1.29 is 113 Å². The highest BCUT2D eigenvalue weighted by Crippen LogP contribution is 2.53. The summed E-state index contributed by atoms with van der Waals surface area (Å²) >= 11 is 0. The zero-order valence-corrected chi connectivity index (χ0v) is 54.0. The van der Waals surface area contributed by atoms with Crippen LogP contribution in [0.5, 0.6) is 17.2 Å². The van der Waals surface area contributed by atoms with Gasteiger partial charge < -0.3 is 99.2 Å². The molecule has 2 aromatic carbocycles. The molecule has 4 fully saturated rings. The second kappa shape index (κ2) is 27.5. The Morgan fingerprint density at radius 1 is 0.753 bits per heavy atom. The van der Waals surface area contributed by atoms with Gasteiger partial charge in [0.1, 0.15) is 52.5 Å². The Hall–Kier alpha value is -4.65. The summed E-state index contributed by atoms with van der Waals surface area (Å²) in [5, 5.41) is 102. The number of hydrogen-bond acceptors (Lipinski definition) is 25. The maximum absolute atomic E-state index is 14.1. The summed E-state index contributed by atoms with van der Waals surface area (Å²) in [6, 6.07) is 3.42. The largest absolute Gasteiger partial charge is 0.507 e. The molecule has 500 valence electrons. The third-order valence-corrected chi connectivity index (χ3v) is 19.6. The molecule has 89 heavy (non-hydrogen) atoms. The van der Waals surface area contributed by atoms with Gasteiger partial charge in [0.2, 0.25) is 5.78 Å². The first-order chi connectivity index (χ1) is 41.3. The zero-order valence-electron chi connectivity index (χ0n) is 54.0. The van der Waals surface area contributed by atoms with Gasteiger partial charge in [-0.1, -0.05) is 39.8 Å². The van der Waals surface area contributed by atoms with Gasteiger partial charge in [-0.05, 0) is 94.8 Å². The molecule has 4 heterocycles. The van der Waals surface area contributed by atoms with E-state index in [9.17, 15) is 69.9 Å². The molecule has 0 aromatic heterocycles. The molecule has 0 bridgehead atoms. The lowest BCUT2D eigenvalue weighted by atomic mass is 9.72. The Kier molecular flexibility index (Phi) is 22.2. The highest BCUT2D eigenvalue weighted by molar-refractivity contribution is 6.31. The highest BCUT2D eigenvalue weighted by Gasteiger charge is 2.55. The van der Waals surface area contributed by atoms with E-state index in [4.69, 9.17) is 48.4 Å². The van der Waals surface area contributed by atoms with Gasteiger partial charge in [0.25, 0.3) is 0 Å². The van der Waals surface area contributed by atoms with Gasteiger partial charge in [0, 0.05) is 79.3 Å². The summed E-state index contributed by atoms with van der Waals surface area (Å²) in [4.78, 5) is 69.4. The number of carbonyl (C=O) groups excluding carboxylic acids is 5. The summed E-state index contributed by atoms with van der Waals surface area (Å²) < 4.78 is 54.1. The van der Waals surface area contributed by atoms with Crippen LogP contribution in [-0.2, 0) is 58.7 Å². The third-order valence-electron chi connectivity index (χ3n) is 19.6. The number of aliphatic hydroxyl groups is 7. The number of aromatic hydroxyl groups is 2. The third kappa shape index (κ3) is 14.0. The Bertz CT molecular complexity index is 2910. The minimum absolute atomic E-state index is 0.0147. The Balaban J connectivity index is 0.000000263. The molecule has 25 heteroatoms. The molecule has 0 amide bonds. The molecule has 2 aliphatic carbocycles. The van der Waals surface area contributed by atoms with Gasteiger partial charge >= 0.3 is 5.97 Å². The van der Waals surface area contributed by atoms with E-state index in [1.165, 1.54) is 60.1 Å². The summed E-state index contributed by atoms with van der Waals surface area (Å²) in [6.07, 6.45) is -14.2. The van der Waals surface area contributed by atoms with E-state index in [1.54, 1.807) is 48.5 Å². The molecule has 11 N–H and O–H groups in total. The normalized spacial score (nSPS) is 41.4. The lowest BCUT2D eigenvalue weighted by Gasteiger charge is -2.49. The highest BCUT2D eigenvalue weighted by atomic mass is 16.7. The number of esters is 1. The van der Waals surface area contributed by atoms with Gasteiger partial charge in [0.05, 0.1) is 89.8 Å². The minimum atomic E-state index is -2.00. The number of phenols is 2. The standard InChI is InChI=1S/C37H67NO13.C27H29NO10/c1-14-25-37(10,45)30(41)20(4)27(39)18(2)16-35(8,44)32(51-34-28(40)24(38(11)12)15-19(3)47-34)21(5)29(22(6)33(43)49-25)50-26-17-36(9,46-13)31(42)23(7)48-26;1-10-22(30)14(28)7-17(37-10)38-16-9-27(35,11(2)29)8-13-19(16)26(34)21-20(24(13)32)23(31)12-5-4-6-15(36-3)18(12)25(21)33/h18-26,28-32,34,40-42,44-45H,14-17H2,1-13H3;4-6,10,14,16-17,22,30,32,34-35H,7-9,28H2,1-3H3/t18-,19-,20+,21+,22-,23+,24+,25-,26+,28-,29+,30-,31+,32-,34+,35-,36-,37-;10-,14-,16-,17-,22+,27-/m10/s1. The topological polar surface area (TPSA) is 380 Å². The van der Waals surface area contributed by atoms with Crippen molar-refractivity contribution in [3.8, 4) is 17.2 Å². The fraction of sp³-hybridized carbons (Fsp3) is 0.734. The van der Waals surface area contributed by atoms with Gasteiger partial charge in [0.15, 0.2) is 30.4 Å². The fourth-order valence-corrected chi connectivity index (χ4v) is 14.1. The average molecular weight is 1260 g/mol. The summed E-state index contributed by atoms with van der Waals surface area (Å²) in [5.74, 6) is -8.15. The van der Waals surface area contributed by atoms with Crippen LogP contribution >= 0.6 is 0 Å². The van der Waals surface area contributed by atoms with Gasteiger partial charge in [-0.15, -0.1) is 0 Å². The van der Waals surface area contributed by atoms with Crippen LogP contribution in [0, 0.1) is 23.7 Å². The molecule has 0 saturated carbocycles. The van der Waals surface area contributed by atoms with Crippen LogP contribution in [0.2, 0.25) is 0 Å². The van der Waals surface area contributed by atoms with Crippen molar-refractivity contribution in [2.45, 2.75) is 249 Å². The number of methoxy groups -OCH3 is 2. The number of nitrogens with zero attached hydrogens (tertiary/aromatic N) is 1. The predicted octanol–water partition coefficient (Wildman–Crippen LogP) is 2.81. The van der Waals surface area contributed by atoms with E-state index in [0.29, 0.717) is 6.42 Å². The molecule has 8 rings (SSSR count). The number of carbonyl (C=O) groups is 5. The summed E-state index contributed by atoms with van der Waals surface area (Å²) in [6.45, 7) is 19.1. The van der Waals surface area contributed by atoms with Gasteiger partial charge in [-0.3, -0.25) is 24.0 Å². The van der Waals surface area contributed by atoms with E-state index in [0.717, 1.165) is 0 Å². The van der Waals surface area contributed by atoms with Gasteiger partial charge in [-0.2, -0.15) is 0 Å². The van der Waals surface area contributed by atoms with E-state index >= 15 is 0 Å². The van der Waals surface area contributed by atoms with E-state index in [2.05, 4.69) is 0 Å². The monoisotopic (exact) mass is 1260 g/mol. The molecule has 0 unspecified atom stereocenters. The molecular weight excluding hydrogens is 1160 g/mol. The van der Waals surface area contributed by atoms with Crippen molar-refractivity contribution in [2.24, 2.45) is 29.4 Å². The second-order valence-electron chi connectivity index (χ2n) is 26.6. The smallest absolute Gasteiger partial charge is 0.311 e. The van der Waals surface area contributed by atoms with Crippen molar-refractivity contribution >= 4 is 29.1 Å². The second-order valence-corrected chi connectivity index (χ2v) is 26.6. The lowest BCUT2D eigenvalue weighted by molar-refractivity contribution is -0.318. The van der Waals surface area contributed by atoms with Crippen LogP contribution in [0.3, 0.4) is 0 Å². The quantitative estimate of drug-likeness (QED) is 0.0974. The first kappa shape index (κ1) is 71.8. The first-order valence-electron chi connectivity index (χ1n) is 30.7. The molecule has 2 aromatic rings. The number of benzene rings is 2. The van der Waals surface area contributed by atoms with Crippen LogP contribution in [-0.4, -0.2) is 223 Å². The maximum atomic E-state index is 14.1. The van der Waals surface area contributed by atoms with Crippen LogP contribution in [0.25, 0.3) is 0 Å².